The minimum atomic E-state index is 0.182. The Morgan fingerprint density at radius 3 is 2.50 bits per heavy atom. The highest BCUT2D eigenvalue weighted by atomic mass is 16.2. The number of hydrogen-bond acceptors (Lipinski definition) is 1. The smallest absolute Gasteiger partial charge is 0.222 e. The third kappa shape index (κ3) is 2.23. The van der Waals surface area contributed by atoms with E-state index in [1.54, 1.807) is 0 Å². The van der Waals surface area contributed by atoms with Gasteiger partial charge in [-0.25, -0.2) is 0 Å². The Bertz CT molecular complexity index is 150. The third-order valence-electron chi connectivity index (χ3n) is 2.73. The highest BCUT2D eigenvalue weighted by Gasteiger charge is 2.20. The molecule has 12 heavy (non-hydrogen) atoms. The SMILES string of the molecule is [CH2]CC(=O)N(C)C1CCCCC1. The molecule has 1 amide bonds. The topological polar surface area (TPSA) is 20.3 Å². The van der Waals surface area contributed by atoms with Gasteiger partial charge in [0.1, 0.15) is 0 Å². The molecule has 0 saturated heterocycles. The number of amides is 1. The van der Waals surface area contributed by atoms with Crippen LogP contribution in [0, 0.1) is 6.92 Å². The van der Waals surface area contributed by atoms with Crippen molar-refractivity contribution < 1.29 is 4.79 Å². The molecule has 1 fully saturated rings. The maximum Gasteiger partial charge on any atom is 0.222 e. The van der Waals surface area contributed by atoms with Crippen molar-refractivity contribution in [3.05, 3.63) is 6.92 Å². The minimum absolute atomic E-state index is 0.182. The van der Waals surface area contributed by atoms with Gasteiger partial charge >= 0.3 is 0 Å². The van der Waals surface area contributed by atoms with Gasteiger partial charge in [0.15, 0.2) is 0 Å². The summed E-state index contributed by atoms with van der Waals surface area (Å²) in [5.74, 6) is 0.182. The summed E-state index contributed by atoms with van der Waals surface area (Å²) in [6.07, 6.45) is 6.65. The van der Waals surface area contributed by atoms with E-state index in [1.165, 1.54) is 32.1 Å². The van der Waals surface area contributed by atoms with Gasteiger partial charge in [-0.1, -0.05) is 19.3 Å². The predicted octanol–water partition coefficient (Wildman–Crippen LogP) is 2.00. The zero-order valence-corrected chi connectivity index (χ0v) is 7.88. The molecule has 0 heterocycles. The monoisotopic (exact) mass is 168 g/mol. The van der Waals surface area contributed by atoms with Crippen LogP contribution in [0.1, 0.15) is 38.5 Å². The summed E-state index contributed by atoms with van der Waals surface area (Å²) in [6.45, 7) is 3.61. The average molecular weight is 168 g/mol. The van der Waals surface area contributed by atoms with Crippen LogP contribution in [-0.4, -0.2) is 23.9 Å². The van der Waals surface area contributed by atoms with Crippen molar-refractivity contribution in [1.29, 1.82) is 0 Å². The molecule has 2 heteroatoms. The van der Waals surface area contributed by atoms with Gasteiger partial charge in [-0.15, -0.1) is 0 Å². The highest BCUT2D eigenvalue weighted by Crippen LogP contribution is 2.21. The number of nitrogens with zero attached hydrogens (tertiary/aromatic N) is 1. The Labute approximate surface area is 74.9 Å². The van der Waals surface area contributed by atoms with E-state index in [2.05, 4.69) is 6.92 Å². The number of hydrogen-bond donors (Lipinski definition) is 0. The molecule has 0 aromatic heterocycles. The molecular weight excluding hydrogens is 150 g/mol. The zero-order chi connectivity index (χ0) is 8.97. The number of carbonyl (C=O) groups excluding carboxylic acids is 1. The van der Waals surface area contributed by atoms with Crippen LogP contribution in [0.25, 0.3) is 0 Å². The van der Waals surface area contributed by atoms with Gasteiger partial charge in [0.25, 0.3) is 0 Å². The van der Waals surface area contributed by atoms with E-state index in [-0.39, 0.29) is 5.91 Å². The number of rotatable bonds is 2. The Morgan fingerprint density at radius 1 is 1.42 bits per heavy atom. The lowest BCUT2D eigenvalue weighted by molar-refractivity contribution is -0.131. The summed E-state index contributed by atoms with van der Waals surface area (Å²) in [4.78, 5) is 13.2. The first-order chi connectivity index (χ1) is 5.75. The molecule has 69 valence electrons. The normalized spacial score (nSPS) is 19.2. The molecule has 0 atom stereocenters. The molecule has 1 saturated carbocycles. The van der Waals surface area contributed by atoms with Gasteiger partial charge in [-0.2, -0.15) is 0 Å². The molecule has 0 bridgehead atoms. The van der Waals surface area contributed by atoms with Crippen LogP contribution in [0.5, 0.6) is 0 Å². The van der Waals surface area contributed by atoms with E-state index >= 15 is 0 Å². The fraction of sp³-hybridized carbons (Fsp3) is 0.800. The van der Waals surface area contributed by atoms with Gasteiger partial charge in [0, 0.05) is 19.5 Å². The predicted molar refractivity (Wildman–Crippen MR) is 49.6 cm³/mol. The van der Waals surface area contributed by atoms with Crippen LogP contribution in [-0.2, 0) is 4.79 Å². The summed E-state index contributed by atoms with van der Waals surface area (Å²) in [5, 5.41) is 0. The second-order valence-corrected chi connectivity index (χ2v) is 3.55. The zero-order valence-electron chi connectivity index (χ0n) is 7.88. The Morgan fingerprint density at radius 2 is 2.00 bits per heavy atom. The molecule has 1 rings (SSSR count). The van der Waals surface area contributed by atoms with Crippen LogP contribution < -0.4 is 0 Å². The molecule has 0 unspecified atom stereocenters. The second kappa shape index (κ2) is 4.48. The Kier molecular flexibility index (Phi) is 3.57. The van der Waals surface area contributed by atoms with E-state index in [0.29, 0.717) is 12.5 Å². The standard InChI is InChI=1S/C10H18NO/c1-3-10(12)11(2)9-7-5-4-6-8-9/h9H,1,3-8H2,2H3. The Hall–Kier alpha value is -0.530. The van der Waals surface area contributed by atoms with Crippen LogP contribution in [0.15, 0.2) is 0 Å². The van der Waals surface area contributed by atoms with Crippen LogP contribution in [0.3, 0.4) is 0 Å². The van der Waals surface area contributed by atoms with Crippen molar-refractivity contribution in [1.82, 2.24) is 4.90 Å². The molecule has 1 aliphatic rings. The largest absolute Gasteiger partial charge is 0.343 e. The van der Waals surface area contributed by atoms with Crippen LogP contribution in [0.2, 0.25) is 0 Å². The van der Waals surface area contributed by atoms with Crippen molar-refractivity contribution in [2.45, 2.75) is 44.6 Å². The summed E-state index contributed by atoms with van der Waals surface area (Å²) in [7, 11) is 1.91. The van der Waals surface area contributed by atoms with Crippen molar-refractivity contribution in [2.75, 3.05) is 7.05 Å². The maximum atomic E-state index is 11.3. The van der Waals surface area contributed by atoms with Gasteiger partial charge in [-0.05, 0) is 19.8 Å². The molecule has 0 aromatic rings. The molecule has 0 aliphatic heterocycles. The summed E-state index contributed by atoms with van der Waals surface area (Å²) in [6, 6.07) is 0.494. The maximum absolute atomic E-state index is 11.3. The summed E-state index contributed by atoms with van der Waals surface area (Å²) >= 11 is 0. The first-order valence-electron chi connectivity index (χ1n) is 4.80. The van der Waals surface area contributed by atoms with Gasteiger partial charge in [0.2, 0.25) is 5.91 Å². The molecule has 0 N–H and O–H groups in total. The molecule has 1 aliphatic carbocycles. The first kappa shape index (κ1) is 9.56. The van der Waals surface area contributed by atoms with Crippen molar-refractivity contribution in [3.8, 4) is 0 Å². The van der Waals surface area contributed by atoms with E-state index in [1.807, 2.05) is 11.9 Å². The van der Waals surface area contributed by atoms with E-state index < -0.39 is 0 Å². The van der Waals surface area contributed by atoms with Crippen molar-refractivity contribution >= 4 is 5.91 Å². The van der Waals surface area contributed by atoms with Crippen molar-refractivity contribution in [3.63, 3.8) is 0 Å². The molecular formula is C10H18NO. The molecule has 0 spiro atoms. The second-order valence-electron chi connectivity index (χ2n) is 3.55. The molecule has 2 nitrogen and oxygen atoms in total. The number of carbonyl (C=O) groups is 1. The van der Waals surface area contributed by atoms with Gasteiger partial charge in [0.05, 0.1) is 0 Å². The highest BCUT2D eigenvalue weighted by molar-refractivity contribution is 5.76. The quantitative estimate of drug-likeness (QED) is 0.617. The third-order valence-corrected chi connectivity index (χ3v) is 2.73. The van der Waals surface area contributed by atoms with E-state index in [9.17, 15) is 4.79 Å². The van der Waals surface area contributed by atoms with Gasteiger partial charge < -0.3 is 4.90 Å². The lowest BCUT2D eigenvalue weighted by Gasteiger charge is -2.30. The summed E-state index contributed by atoms with van der Waals surface area (Å²) < 4.78 is 0. The van der Waals surface area contributed by atoms with E-state index in [0.717, 1.165) is 0 Å². The Balaban J connectivity index is 2.39. The first-order valence-corrected chi connectivity index (χ1v) is 4.80. The van der Waals surface area contributed by atoms with Gasteiger partial charge in [-0.3, -0.25) is 4.79 Å². The summed E-state index contributed by atoms with van der Waals surface area (Å²) in [5.41, 5.74) is 0. The van der Waals surface area contributed by atoms with Crippen LogP contribution in [0.4, 0.5) is 0 Å². The average Bonchev–Trinajstić information content (AvgIpc) is 2.17. The van der Waals surface area contributed by atoms with E-state index in [4.69, 9.17) is 0 Å². The minimum Gasteiger partial charge on any atom is -0.343 e. The molecule has 1 radical (unpaired) electrons. The lowest BCUT2D eigenvalue weighted by atomic mass is 9.94. The van der Waals surface area contributed by atoms with Crippen molar-refractivity contribution in [2.24, 2.45) is 0 Å². The van der Waals surface area contributed by atoms with Crippen LogP contribution >= 0.6 is 0 Å². The fourth-order valence-corrected chi connectivity index (χ4v) is 1.85. The molecule has 0 aromatic carbocycles. The fourth-order valence-electron chi connectivity index (χ4n) is 1.85. The lowest BCUT2D eigenvalue weighted by Crippen LogP contribution is -2.37.